The predicted molar refractivity (Wildman–Crippen MR) is 234 cm³/mol. The summed E-state index contributed by atoms with van der Waals surface area (Å²) < 4.78 is 0.239. The smallest absolute Gasteiger partial charge is 0.0411 e. The Balaban J connectivity index is 1.67. The maximum atomic E-state index is 2.44. The molecule has 0 heterocycles. The van der Waals surface area contributed by atoms with Gasteiger partial charge in [0.1, 0.15) is 0 Å². The van der Waals surface area contributed by atoms with E-state index in [0.717, 1.165) is 5.75 Å². The molecule has 292 valence electrons. The maximum Gasteiger partial charge on any atom is 0.0411 e. The first-order valence-electron chi connectivity index (χ1n) is 23.0. The zero-order chi connectivity index (χ0) is 36.2. The van der Waals surface area contributed by atoms with E-state index < -0.39 is 0 Å². The number of hydrogen-bond acceptors (Lipinski definition) is 1. The minimum atomic E-state index is 0.239. The van der Waals surface area contributed by atoms with Crippen LogP contribution in [-0.4, -0.2) is 0 Å². The van der Waals surface area contributed by atoms with Crippen molar-refractivity contribution in [3.05, 3.63) is 71.8 Å². The molecule has 0 spiro atoms. The Morgan fingerprint density at radius 3 is 0.922 bits per heavy atom. The summed E-state index contributed by atoms with van der Waals surface area (Å²) in [6.45, 7) is 4.63. The molecule has 0 nitrogen and oxygen atoms in total. The van der Waals surface area contributed by atoms with Gasteiger partial charge in [-0.1, -0.05) is 280 Å². The first-order chi connectivity index (χ1) is 25.3. The van der Waals surface area contributed by atoms with Gasteiger partial charge < -0.3 is 0 Å². The third kappa shape index (κ3) is 25.4. The fourth-order valence-electron chi connectivity index (χ4n) is 8.10. The SMILES string of the molecule is CCCCCCCCCCCCCCCCCCC(CCCCCCCCCCCCCCCCCC)(SCc1ccccc1)c1ccccc1. The Morgan fingerprint density at radius 1 is 0.333 bits per heavy atom. The Bertz CT molecular complexity index is 916. The van der Waals surface area contributed by atoms with E-state index in [-0.39, 0.29) is 4.75 Å². The van der Waals surface area contributed by atoms with Crippen LogP contribution in [0.25, 0.3) is 0 Å². The first kappa shape index (κ1) is 45.9. The van der Waals surface area contributed by atoms with Gasteiger partial charge in [0.2, 0.25) is 0 Å². The van der Waals surface area contributed by atoms with E-state index in [0.29, 0.717) is 0 Å². The largest absolute Gasteiger partial charge is 0.146 e. The average molecular weight is 719 g/mol. The number of thioether (sulfide) groups is 1. The average Bonchev–Trinajstić information content (AvgIpc) is 3.17. The van der Waals surface area contributed by atoms with Gasteiger partial charge in [-0.25, -0.2) is 0 Å². The molecule has 0 N–H and O–H groups in total. The van der Waals surface area contributed by atoms with Crippen LogP contribution >= 0.6 is 11.8 Å². The lowest BCUT2D eigenvalue weighted by Crippen LogP contribution is -2.23. The van der Waals surface area contributed by atoms with Gasteiger partial charge in [0, 0.05) is 10.5 Å². The molecular formula is C50H86S. The molecule has 1 heteroatoms. The Hall–Kier alpha value is -1.21. The normalized spacial score (nSPS) is 11.8. The monoisotopic (exact) mass is 719 g/mol. The molecule has 0 amide bonds. The van der Waals surface area contributed by atoms with Crippen molar-refractivity contribution >= 4 is 11.8 Å². The second kappa shape index (κ2) is 34.6. The van der Waals surface area contributed by atoms with Crippen molar-refractivity contribution < 1.29 is 0 Å². The minimum Gasteiger partial charge on any atom is -0.146 e. The molecule has 0 aliphatic rings. The maximum absolute atomic E-state index is 2.44. The summed E-state index contributed by atoms with van der Waals surface area (Å²) in [5.41, 5.74) is 3.05. The number of benzene rings is 2. The third-order valence-corrected chi connectivity index (χ3v) is 13.2. The van der Waals surface area contributed by atoms with E-state index in [1.807, 2.05) is 0 Å². The van der Waals surface area contributed by atoms with Gasteiger partial charge in [-0.3, -0.25) is 0 Å². The van der Waals surface area contributed by atoms with Crippen molar-refractivity contribution in [1.82, 2.24) is 0 Å². The molecule has 2 aromatic carbocycles. The standard InChI is InChI=1S/C50H86S/c1-3-5-7-9-11-13-15-17-19-21-23-25-27-29-31-39-45-50(49-43-37-34-38-44-49,51-47-48-41-35-33-36-42-48)46-40-32-30-28-26-24-22-20-18-16-14-12-10-8-6-4-2/h33-38,41-44H,3-32,39-40,45-47H2,1-2H3. The molecule has 0 atom stereocenters. The Kier molecular flexibility index (Phi) is 31.1. The van der Waals surface area contributed by atoms with Crippen molar-refractivity contribution in [2.45, 2.75) is 243 Å². The van der Waals surface area contributed by atoms with Gasteiger partial charge in [0.15, 0.2) is 0 Å². The van der Waals surface area contributed by atoms with Crippen LogP contribution in [0.4, 0.5) is 0 Å². The van der Waals surface area contributed by atoms with Crippen LogP contribution in [0.3, 0.4) is 0 Å². The van der Waals surface area contributed by atoms with Crippen LogP contribution in [0.1, 0.15) is 243 Å². The highest BCUT2D eigenvalue weighted by atomic mass is 32.2. The lowest BCUT2D eigenvalue weighted by molar-refractivity contribution is 0.449. The molecule has 0 unspecified atom stereocenters. The van der Waals surface area contributed by atoms with Crippen molar-refractivity contribution in [3.8, 4) is 0 Å². The number of hydrogen-bond donors (Lipinski definition) is 0. The topological polar surface area (TPSA) is 0 Å². The molecular weight excluding hydrogens is 633 g/mol. The van der Waals surface area contributed by atoms with E-state index in [1.165, 1.54) is 224 Å². The van der Waals surface area contributed by atoms with Crippen LogP contribution in [0.5, 0.6) is 0 Å². The second-order valence-corrected chi connectivity index (χ2v) is 17.6. The summed E-state index contributed by atoms with van der Waals surface area (Å²) in [5, 5.41) is 0. The highest BCUT2D eigenvalue weighted by molar-refractivity contribution is 7.99. The molecule has 0 aliphatic heterocycles. The van der Waals surface area contributed by atoms with Gasteiger partial charge in [-0.15, -0.1) is 11.8 Å². The first-order valence-corrected chi connectivity index (χ1v) is 24.0. The Morgan fingerprint density at radius 2 is 0.608 bits per heavy atom. The number of unbranched alkanes of at least 4 members (excludes halogenated alkanes) is 30. The van der Waals surface area contributed by atoms with Gasteiger partial charge in [-0.2, -0.15) is 0 Å². The molecule has 0 bridgehead atoms. The summed E-state index contributed by atoms with van der Waals surface area (Å²) in [7, 11) is 0. The third-order valence-electron chi connectivity index (χ3n) is 11.5. The van der Waals surface area contributed by atoms with Gasteiger partial charge in [0.05, 0.1) is 0 Å². The summed E-state index contributed by atoms with van der Waals surface area (Å²) in [6.07, 6.45) is 48.7. The van der Waals surface area contributed by atoms with Crippen LogP contribution < -0.4 is 0 Å². The molecule has 0 aliphatic carbocycles. The fraction of sp³-hybridized carbons (Fsp3) is 0.760. The van der Waals surface area contributed by atoms with Gasteiger partial charge >= 0.3 is 0 Å². The van der Waals surface area contributed by atoms with Crippen LogP contribution in [0.15, 0.2) is 60.7 Å². The van der Waals surface area contributed by atoms with Crippen LogP contribution in [-0.2, 0) is 10.5 Å². The molecule has 0 fully saturated rings. The quantitative estimate of drug-likeness (QED) is 0.0623. The highest BCUT2D eigenvalue weighted by Crippen LogP contribution is 2.47. The second-order valence-electron chi connectivity index (χ2n) is 16.2. The zero-order valence-corrected chi connectivity index (χ0v) is 35.2. The predicted octanol–water partition coefficient (Wildman–Crippen LogP) is 18.1. The molecule has 0 radical (unpaired) electrons. The van der Waals surface area contributed by atoms with E-state index in [1.54, 1.807) is 5.56 Å². The van der Waals surface area contributed by atoms with Crippen LogP contribution in [0, 0.1) is 0 Å². The minimum absolute atomic E-state index is 0.239. The summed E-state index contributed by atoms with van der Waals surface area (Å²) in [4.78, 5) is 0. The number of rotatable bonds is 38. The van der Waals surface area contributed by atoms with Gasteiger partial charge in [-0.05, 0) is 24.0 Å². The molecule has 0 saturated heterocycles. The molecule has 0 aromatic heterocycles. The molecule has 2 aromatic rings. The summed E-state index contributed by atoms with van der Waals surface area (Å²) >= 11 is 2.25. The highest BCUT2D eigenvalue weighted by Gasteiger charge is 2.31. The lowest BCUT2D eigenvalue weighted by Gasteiger charge is -2.35. The lowest BCUT2D eigenvalue weighted by atomic mass is 9.87. The fourth-order valence-corrected chi connectivity index (χ4v) is 9.61. The van der Waals surface area contributed by atoms with Crippen molar-refractivity contribution in [3.63, 3.8) is 0 Å². The van der Waals surface area contributed by atoms with E-state index >= 15 is 0 Å². The molecule has 2 rings (SSSR count). The summed E-state index contributed by atoms with van der Waals surface area (Å²) in [5.74, 6) is 1.12. The van der Waals surface area contributed by atoms with E-state index in [9.17, 15) is 0 Å². The zero-order valence-electron chi connectivity index (χ0n) is 34.4. The molecule has 51 heavy (non-hydrogen) atoms. The van der Waals surface area contributed by atoms with Crippen molar-refractivity contribution in [2.75, 3.05) is 0 Å². The van der Waals surface area contributed by atoms with Crippen molar-refractivity contribution in [2.24, 2.45) is 0 Å². The molecule has 0 saturated carbocycles. The van der Waals surface area contributed by atoms with E-state index in [2.05, 4.69) is 86.3 Å². The van der Waals surface area contributed by atoms with Gasteiger partial charge in [0.25, 0.3) is 0 Å². The van der Waals surface area contributed by atoms with Crippen LogP contribution in [0.2, 0.25) is 0 Å². The van der Waals surface area contributed by atoms with E-state index in [4.69, 9.17) is 0 Å². The van der Waals surface area contributed by atoms with Crippen molar-refractivity contribution in [1.29, 1.82) is 0 Å². The summed E-state index contributed by atoms with van der Waals surface area (Å²) in [6, 6.07) is 22.9. The Labute approximate surface area is 324 Å².